The average Bonchev–Trinajstić information content (AvgIpc) is 1.21. The molecule has 0 N–H and O–H groups in total. The monoisotopic (exact) mass is 1550 g/mol. The van der Waals surface area contributed by atoms with Crippen molar-refractivity contribution in [1.29, 1.82) is 0 Å². The van der Waals surface area contributed by atoms with Crippen LogP contribution in [0, 0.1) is 56.2 Å². The van der Waals surface area contributed by atoms with E-state index in [1.807, 2.05) is 26.2 Å². The van der Waals surface area contributed by atoms with Gasteiger partial charge in [0.2, 0.25) is 0 Å². The SMILES string of the molecule is CC(C)=CCCC(C)CC(=O)C1=CN(c2ccc(N3C=C(C(=O)CC(C)CCC=C(C)C)C(C)(C)CC3)cc2)CCC1(C)C.CC1(C)CCN(c2ccc(N3C=C(C(=O)CC4CCCCC4)C(C)(C)CC3)cc2)C=C1C(=O)CC1CCCCC1.CCC(=O)C1=CN(c2ccc(N3C=C(C(=O)CC)C(C)(C)CC3)cc2)CCC1(C)C. The number of benzene rings is 3. The second kappa shape index (κ2) is 39.6. The molecule has 0 amide bonds. The maximum Gasteiger partial charge on any atom is 0.161 e. The third kappa shape index (κ3) is 24.3. The van der Waals surface area contributed by atoms with Crippen molar-refractivity contribution >= 4 is 68.8 Å². The highest BCUT2D eigenvalue weighted by Gasteiger charge is 2.40. The van der Waals surface area contributed by atoms with E-state index in [2.05, 4.69) is 264 Å². The molecule has 6 heterocycles. The van der Waals surface area contributed by atoms with Crippen LogP contribution in [0.5, 0.6) is 0 Å². The minimum atomic E-state index is -0.120. The van der Waals surface area contributed by atoms with Crippen molar-refractivity contribution < 1.29 is 28.8 Å². The topological polar surface area (TPSA) is 122 Å². The van der Waals surface area contributed by atoms with Crippen molar-refractivity contribution in [2.24, 2.45) is 56.2 Å². The normalized spacial score (nSPS) is 21.1. The molecule has 0 spiro atoms. The van der Waals surface area contributed by atoms with E-state index in [4.69, 9.17) is 0 Å². The molecule has 0 bridgehead atoms. The van der Waals surface area contributed by atoms with Crippen LogP contribution in [0.4, 0.5) is 34.1 Å². The van der Waals surface area contributed by atoms with E-state index < -0.39 is 0 Å². The fourth-order valence-corrected chi connectivity index (χ4v) is 18.3. The Balaban J connectivity index is 0.000000199. The lowest BCUT2D eigenvalue weighted by Gasteiger charge is -2.38. The van der Waals surface area contributed by atoms with Gasteiger partial charge in [-0.25, -0.2) is 0 Å². The molecule has 0 radical (unpaired) electrons. The van der Waals surface area contributed by atoms with Gasteiger partial charge in [-0.1, -0.05) is 198 Å². The molecule has 2 atom stereocenters. The molecular formula is C102H148N6O6. The molecular weight excluding hydrogens is 1410 g/mol. The summed E-state index contributed by atoms with van der Waals surface area (Å²) in [4.78, 5) is 92.2. The highest BCUT2D eigenvalue weighted by Crippen LogP contribution is 2.46. The summed E-state index contributed by atoms with van der Waals surface area (Å²) in [6.07, 6.45) is 43.4. The van der Waals surface area contributed by atoms with Crippen LogP contribution in [0.1, 0.15) is 305 Å². The molecule has 2 unspecified atom stereocenters. The summed E-state index contributed by atoms with van der Waals surface area (Å²) in [7, 11) is 0. The Kier molecular flexibility index (Phi) is 31.3. The van der Waals surface area contributed by atoms with Gasteiger partial charge in [-0.05, 0) is 221 Å². The van der Waals surface area contributed by atoms with Gasteiger partial charge in [-0.3, -0.25) is 28.8 Å². The summed E-state index contributed by atoms with van der Waals surface area (Å²) in [5.41, 5.74) is 14.5. The number of carbonyl (C=O) groups excluding carboxylic acids is 6. The van der Waals surface area contributed by atoms with E-state index >= 15 is 0 Å². The first-order chi connectivity index (χ1) is 53.8. The van der Waals surface area contributed by atoms with E-state index in [-0.39, 0.29) is 55.6 Å². The molecule has 2 aliphatic carbocycles. The Morgan fingerprint density at radius 3 is 0.728 bits per heavy atom. The van der Waals surface area contributed by atoms with Gasteiger partial charge in [0.15, 0.2) is 34.7 Å². The van der Waals surface area contributed by atoms with E-state index in [1.165, 1.54) is 75.4 Å². The number of carbonyl (C=O) groups is 6. The third-order valence-corrected chi connectivity index (χ3v) is 26.8. The van der Waals surface area contributed by atoms with Crippen LogP contribution in [0.15, 0.2) is 167 Å². The molecule has 3 aromatic rings. The number of ketones is 6. The van der Waals surface area contributed by atoms with Crippen LogP contribution >= 0.6 is 0 Å². The van der Waals surface area contributed by atoms with Crippen molar-refractivity contribution in [2.75, 3.05) is 68.7 Å². The minimum Gasteiger partial charge on any atom is -0.348 e. The van der Waals surface area contributed by atoms with Crippen LogP contribution in [0.25, 0.3) is 0 Å². The molecule has 622 valence electrons. The molecule has 6 aliphatic heterocycles. The van der Waals surface area contributed by atoms with Crippen LogP contribution in [0.2, 0.25) is 0 Å². The average molecular weight is 1550 g/mol. The van der Waals surface area contributed by atoms with Gasteiger partial charge in [0, 0.05) is 183 Å². The summed E-state index contributed by atoms with van der Waals surface area (Å²) in [6.45, 7) is 48.6. The molecule has 2 fully saturated rings. The zero-order valence-electron chi connectivity index (χ0n) is 74.6. The zero-order valence-corrected chi connectivity index (χ0v) is 74.6. The molecule has 0 saturated heterocycles. The predicted octanol–water partition coefficient (Wildman–Crippen LogP) is 25.5. The first-order valence-corrected chi connectivity index (χ1v) is 44.5. The first-order valence-electron chi connectivity index (χ1n) is 44.5. The number of Topliss-reactive ketones (excluding diaryl/α,β-unsaturated/α-hetero) is 6. The van der Waals surface area contributed by atoms with Gasteiger partial charge in [-0.15, -0.1) is 0 Å². The number of hydrogen-bond donors (Lipinski definition) is 0. The summed E-state index contributed by atoms with van der Waals surface area (Å²) in [5, 5.41) is 0. The molecule has 2 saturated carbocycles. The third-order valence-electron chi connectivity index (χ3n) is 26.8. The standard InChI is InChI=1S/C40H60N2O2.C36H52N2O2.C26H36N2O2/c1-29(2)13-11-15-31(5)25-37(43)35-27-41(23-21-39(35,7)8)33-17-19-34(20-18-33)42-24-22-40(9,10)36(28-42)38(44)26-32(6)16-12-14-30(3)4;1-35(2)19-21-37(25-31(35)33(39)23-27-11-7-5-8-12-27)29-15-17-30(18-16-29)38-22-20-36(3,4)32(26-38)34(40)24-28-13-9-6-10-14-28;1-7-23(29)21-17-27(15-13-25(21,3)4)19-9-11-20(12-10-19)28-16-14-26(5,6)22(18-28)24(30)8-2/h13-14,17-20,27-28,31-32H,11-12,15-16,21-26H2,1-10H3;15-18,25-28H,5-14,19-24H2,1-4H3;9-12,17-18H,7-8,13-16H2,1-6H3. The van der Waals surface area contributed by atoms with E-state index in [1.54, 1.807) is 0 Å². The van der Waals surface area contributed by atoms with Crippen LogP contribution in [0.3, 0.4) is 0 Å². The Bertz CT molecular complexity index is 3820. The highest BCUT2D eigenvalue weighted by atomic mass is 16.1. The van der Waals surface area contributed by atoms with Gasteiger partial charge in [0.25, 0.3) is 0 Å². The maximum absolute atomic E-state index is 13.5. The molecule has 3 aromatic carbocycles. The van der Waals surface area contributed by atoms with E-state index in [9.17, 15) is 28.8 Å². The maximum atomic E-state index is 13.5. The first kappa shape index (κ1) is 90.3. The molecule has 0 aromatic heterocycles. The van der Waals surface area contributed by atoms with E-state index in [0.29, 0.717) is 73.8 Å². The van der Waals surface area contributed by atoms with Gasteiger partial charge in [0.05, 0.1) is 0 Å². The number of nitrogens with zero attached hydrogens (tertiary/aromatic N) is 6. The highest BCUT2D eigenvalue weighted by molar-refractivity contribution is 6.00. The van der Waals surface area contributed by atoms with Gasteiger partial charge < -0.3 is 29.4 Å². The van der Waals surface area contributed by atoms with Crippen LogP contribution < -0.4 is 29.4 Å². The Hall–Kier alpha value is -7.60. The van der Waals surface area contributed by atoms with Crippen molar-refractivity contribution in [1.82, 2.24) is 0 Å². The lowest BCUT2D eigenvalue weighted by Crippen LogP contribution is -2.36. The zero-order chi connectivity index (χ0) is 83.1. The Morgan fingerprint density at radius 1 is 0.325 bits per heavy atom. The number of anilines is 6. The molecule has 12 heteroatoms. The number of rotatable bonds is 28. The number of hydrogen-bond acceptors (Lipinski definition) is 12. The van der Waals surface area contributed by atoms with Gasteiger partial charge in [0.1, 0.15) is 0 Å². The fourth-order valence-electron chi connectivity index (χ4n) is 18.3. The molecule has 8 aliphatic rings. The molecule has 114 heavy (non-hydrogen) atoms. The van der Waals surface area contributed by atoms with Gasteiger partial charge >= 0.3 is 0 Å². The fraction of sp³-hybridized carbons (Fsp3) is 0.608. The second-order valence-electron chi connectivity index (χ2n) is 39.8. The quantitative estimate of drug-likeness (QED) is 0.0643. The molecule has 11 rings (SSSR count). The van der Waals surface area contributed by atoms with Crippen molar-refractivity contribution in [3.05, 3.63) is 167 Å². The van der Waals surface area contributed by atoms with Crippen molar-refractivity contribution in [3.8, 4) is 0 Å². The van der Waals surface area contributed by atoms with Crippen molar-refractivity contribution in [2.45, 2.75) is 305 Å². The summed E-state index contributed by atoms with van der Waals surface area (Å²) in [5.74, 6) is 3.60. The Labute approximate surface area is 690 Å². The summed E-state index contributed by atoms with van der Waals surface area (Å²) >= 11 is 0. The smallest absolute Gasteiger partial charge is 0.161 e. The Morgan fingerprint density at radius 2 is 0.526 bits per heavy atom. The lowest BCUT2D eigenvalue weighted by molar-refractivity contribution is -0.118. The lowest BCUT2D eigenvalue weighted by atomic mass is 9.74. The summed E-state index contributed by atoms with van der Waals surface area (Å²) < 4.78 is 0. The largest absolute Gasteiger partial charge is 0.348 e. The van der Waals surface area contributed by atoms with Gasteiger partial charge in [-0.2, -0.15) is 0 Å². The minimum absolute atomic E-state index is 0.0723. The van der Waals surface area contributed by atoms with Crippen LogP contribution in [-0.4, -0.2) is 74.0 Å². The number of allylic oxidation sites excluding steroid dienone is 10. The van der Waals surface area contributed by atoms with E-state index in [0.717, 1.165) is 171 Å². The van der Waals surface area contributed by atoms with Crippen molar-refractivity contribution in [3.63, 3.8) is 0 Å². The second-order valence-corrected chi connectivity index (χ2v) is 39.8. The summed E-state index contributed by atoms with van der Waals surface area (Å²) in [6, 6.07) is 25.9. The van der Waals surface area contributed by atoms with Crippen LogP contribution in [-0.2, 0) is 28.8 Å². The molecule has 12 nitrogen and oxygen atoms in total. The predicted molar refractivity (Wildman–Crippen MR) is 480 cm³/mol.